The van der Waals surface area contributed by atoms with Gasteiger partial charge in [-0.2, -0.15) is 0 Å². The lowest BCUT2D eigenvalue weighted by Gasteiger charge is -2.45. The van der Waals surface area contributed by atoms with E-state index < -0.39 is 0 Å². The molecule has 446 valence electrons. The molecule has 0 atom stereocenters. The summed E-state index contributed by atoms with van der Waals surface area (Å²) in [4.78, 5) is 5.24. The monoisotopic (exact) mass is 1220 g/mol. The first kappa shape index (κ1) is 54.0. The Hall–Kier alpha value is -12.6. The standard InChI is InChI=1S/C90H58BN5/c1-5-25-59(26-6-1)68-33-13-19-39-78(68)95-86-55-63(61-46-51-84-74(53-61)72-37-17-23-43-82(72)92(84)65-29-9-3-10-30-65)45-49-76(86)91-77-50-48-67(94-80-41-21-15-35-70(80)71-36-16-22-42-81(71)94)58-87(77)96(79-40-20-14-34-69(79)60-27-7-2-8-28-60)89-57-64(56-88(95)90(89)91)62-47-52-85-75(54-62)73-38-18-24-44-83(73)93(85)66-31-11-4-12-32-66/h1-58H. The van der Waals surface area contributed by atoms with Crippen molar-refractivity contribution < 1.29 is 0 Å². The Kier molecular flexibility index (Phi) is 12.1. The molecule has 18 aromatic rings. The van der Waals surface area contributed by atoms with Gasteiger partial charge < -0.3 is 23.5 Å². The van der Waals surface area contributed by atoms with E-state index in [0.29, 0.717) is 0 Å². The van der Waals surface area contributed by atoms with Gasteiger partial charge in [-0.25, -0.2) is 0 Å². The number of benzene rings is 15. The topological polar surface area (TPSA) is 21.3 Å². The highest BCUT2D eigenvalue weighted by atomic mass is 15.2. The molecule has 6 heteroatoms. The van der Waals surface area contributed by atoms with Crippen LogP contribution in [0.4, 0.5) is 34.1 Å². The Labute approximate surface area is 556 Å². The maximum Gasteiger partial charge on any atom is 0.252 e. The first-order chi connectivity index (χ1) is 47.7. The summed E-state index contributed by atoms with van der Waals surface area (Å²) < 4.78 is 7.30. The fraction of sp³-hybridized carbons (Fsp3) is 0. The third-order valence-corrected chi connectivity index (χ3v) is 20.4. The predicted octanol–water partition coefficient (Wildman–Crippen LogP) is 21.7. The number of para-hydroxylation sites is 8. The zero-order valence-electron chi connectivity index (χ0n) is 52.3. The van der Waals surface area contributed by atoms with E-state index in [2.05, 4.69) is 375 Å². The average molecular weight is 1220 g/mol. The van der Waals surface area contributed by atoms with Crippen LogP contribution in [-0.2, 0) is 0 Å². The van der Waals surface area contributed by atoms with Crippen molar-refractivity contribution in [2.75, 3.05) is 9.80 Å². The van der Waals surface area contributed by atoms with E-state index in [9.17, 15) is 0 Å². The fourth-order valence-electron chi connectivity index (χ4n) is 16.3. The van der Waals surface area contributed by atoms with Crippen LogP contribution in [0.1, 0.15) is 0 Å². The van der Waals surface area contributed by atoms with Gasteiger partial charge in [-0.3, -0.25) is 0 Å². The molecule has 0 aliphatic carbocycles. The Morgan fingerprint density at radius 3 is 1.00 bits per heavy atom. The Bertz CT molecular complexity index is 6110. The quantitative estimate of drug-likeness (QED) is 0.134. The van der Waals surface area contributed by atoms with Gasteiger partial charge in [-0.05, 0) is 165 Å². The van der Waals surface area contributed by atoms with Crippen LogP contribution in [0.25, 0.3) is 127 Å². The van der Waals surface area contributed by atoms with Crippen LogP contribution in [-0.4, -0.2) is 20.4 Å². The minimum atomic E-state index is -0.187. The van der Waals surface area contributed by atoms with Gasteiger partial charge in [0, 0.05) is 83.3 Å². The highest BCUT2D eigenvalue weighted by molar-refractivity contribution is 7.00. The highest BCUT2D eigenvalue weighted by Crippen LogP contribution is 2.51. The van der Waals surface area contributed by atoms with Crippen molar-refractivity contribution in [1.29, 1.82) is 0 Å². The van der Waals surface area contributed by atoms with Gasteiger partial charge in [0.2, 0.25) is 0 Å². The molecular formula is C90H58BN5. The lowest BCUT2D eigenvalue weighted by atomic mass is 9.33. The molecule has 0 unspecified atom stereocenters. The molecule has 0 amide bonds. The lowest BCUT2D eigenvalue weighted by Crippen LogP contribution is -2.61. The Balaban J connectivity index is 0.901. The van der Waals surface area contributed by atoms with Crippen molar-refractivity contribution in [3.63, 3.8) is 0 Å². The van der Waals surface area contributed by atoms with Crippen molar-refractivity contribution >= 4 is 123 Å². The molecule has 20 rings (SSSR count). The van der Waals surface area contributed by atoms with Gasteiger partial charge >= 0.3 is 0 Å². The van der Waals surface area contributed by atoms with Crippen molar-refractivity contribution in [3.8, 4) is 61.6 Å². The summed E-state index contributed by atoms with van der Waals surface area (Å²) >= 11 is 0. The molecule has 15 aromatic carbocycles. The zero-order chi connectivity index (χ0) is 63.0. The molecular weight excluding hydrogens is 1160 g/mol. The number of anilines is 6. The van der Waals surface area contributed by atoms with Gasteiger partial charge in [0.15, 0.2) is 0 Å². The molecule has 0 radical (unpaired) electrons. The third-order valence-electron chi connectivity index (χ3n) is 20.4. The maximum atomic E-state index is 2.62. The molecule has 5 nitrogen and oxygen atoms in total. The molecule has 5 heterocycles. The van der Waals surface area contributed by atoms with Gasteiger partial charge in [0.1, 0.15) is 0 Å². The number of rotatable bonds is 9. The van der Waals surface area contributed by atoms with Crippen molar-refractivity contribution in [2.24, 2.45) is 0 Å². The molecule has 0 saturated heterocycles. The fourth-order valence-corrected chi connectivity index (χ4v) is 16.3. The van der Waals surface area contributed by atoms with Crippen LogP contribution in [0.15, 0.2) is 352 Å². The van der Waals surface area contributed by atoms with Gasteiger partial charge in [-0.15, -0.1) is 0 Å². The smallest absolute Gasteiger partial charge is 0.252 e. The first-order valence-electron chi connectivity index (χ1n) is 33.2. The van der Waals surface area contributed by atoms with Gasteiger partial charge in [-0.1, -0.05) is 237 Å². The molecule has 0 spiro atoms. The predicted molar refractivity (Wildman–Crippen MR) is 405 cm³/mol. The third kappa shape index (κ3) is 8.19. The molecule has 0 fully saturated rings. The van der Waals surface area contributed by atoms with E-state index >= 15 is 0 Å². The average Bonchev–Trinajstić information content (AvgIpc) is 0.912. The maximum absolute atomic E-state index is 2.62. The van der Waals surface area contributed by atoms with Crippen LogP contribution in [0, 0.1) is 0 Å². The van der Waals surface area contributed by atoms with Crippen LogP contribution in [0.5, 0.6) is 0 Å². The summed E-state index contributed by atoms with van der Waals surface area (Å²) in [5, 5.41) is 7.32. The largest absolute Gasteiger partial charge is 0.311 e. The van der Waals surface area contributed by atoms with Crippen LogP contribution in [0.3, 0.4) is 0 Å². The Morgan fingerprint density at radius 1 is 0.188 bits per heavy atom. The number of hydrogen-bond acceptors (Lipinski definition) is 2. The molecule has 96 heavy (non-hydrogen) atoms. The second kappa shape index (κ2) is 21.5. The molecule has 0 N–H and O–H groups in total. The van der Waals surface area contributed by atoms with E-state index in [0.717, 1.165) is 101 Å². The number of nitrogens with zero attached hydrogens (tertiary/aromatic N) is 5. The molecule has 0 bridgehead atoms. The van der Waals surface area contributed by atoms with E-state index in [4.69, 9.17) is 0 Å². The second-order valence-electron chi connectivity index (χ2n) is 25.5. The lowest BCUT2D eigenvalue weighted by molar-refractivity contribution is 1.17. The normalized spacial score (nSPS) is 12.5. The van der Waals surface area contributed by atoms with Crippen LogP contribution < -0.4 is 26.2 Å². The summed E-state index contributed by atoms with van der Waals surface area (Å²) in [7, 11) is 0. The molecule has 2 aliphatic rings. The summed E-state index contributed by atoms with van der Waals surface area (Å²) in [6.07, 6.45) is 0. The summed E-state index contributed by atoms with van der Waals surface area (Å²) in [5.74, 6) is 0. The molecule has 0 saturated carbocycles. The van der Waals surface area contributed by atoms with Crippen LogP contribution >= 0.6 is 0 Å². The van der Waals surface area contributed by atoms with Crippen molar-refractivity contribution in [1.82, 2.24) is 13.7 Å². The first-order valence-corrected chi connectivity index (χ1v) is 33.2. The SMILES string of the molecule is c1ccc(-c2ccccc2N2c3cc(-c4ccc5c(c4)c4ccccc4n5-c4ccccc4)ccc3B3c4ccc(-n5c6ccccc6c6ccccc65)cc4N(c4ccccc4-c4ccccc4)c4cc(-c5ccc6c(c5)c5ccccc5n6-c5ccccc5)cc2c43)cc1. The number of aromatic nitrogens is 3. The van der Waals surface area contributed by atoms with Crippen LogP contribution in [0.2, 0.25) is 0 Å². The molecule has 3 aromatic heterocycles. The second-order valence-corrected chi connectivity index (χ2v) is 25.5. The number of hydrogen-bond donors (Lipinski definition) is 0. The minimum absolute atomic E-state index is 0.187. The van der Waals surface area contributed by atoms with E-state index in [1.807, 2.05) is 0 Å². The van der Waals surface area contributed by atoms with E-state index in [1.165, 1.54) is 76.3 Å². The summed E-state index contributed by atoms with van der Waals surface area (Å²) in [6, 6.07) is 131. The summed E-state index contributed by atoms with van der Waals surface area (Å²) in [5.41, 5.74) is 30.0. The number of fused-ring (bicyclic) bond motifs is 13. The van der Waals surface area contributed by atoms with E-state index in [1.54, 1.807) is 0 Å². The van der Waals surface area contributed by atoms with Gasteiger partial charge in [0.05, 0.1) is 44.5 Å². The zero-order valence-corrected chi connectivity index (χ0v) is 52.3. The van der Waals surface area contributed by atoms with Crippen molar-refractivity contribution in [3.05, 3.63) is 352 Å². The van der Waals surface area contributed by atoms with Crippen molar-refractivity contribution in [2.45, 2.75) is 0 Å². The van der Waals surface area contributed by atoms with Gasteiger partial charge in [0.25, 0.3) is 6.71 Å². The Morgan fingerprint density at radius 2 is 0.521 bits per heavy atom. The minimum Gasteiger partial charge on any atom is -0.311 e. The summed E-state index contributed by atoms with van der Waals surface area (Å²) in [6.45, 7) is -0.187. The van der Waals surface area contributed by atoms with E-state index in [-0.39, 0.29) is 6.71 Å². The highest BCUT2D eigenvalue weighted by Gasteiger charge is 2.45. The molecule has 2 aliphatic heterocycles.